The molecule has 11 heteroatoms. The number of carbonyl (C=O) groups is 4. The third-order valence-corrected chi connectivity index (χ3v) is 5.87. The fourth-order valence-corrected chi connectivity index (χ4v) is 3.60. The van der Waals surface area contributed by atoms with Crippen molar-refractivity contribution in [1.82, 2.24) is 0 Å². The molecule has 0 heterocycles. The second-order valence-electron chi connectivity index (χ2n) is 9.82. The SMILES string of the molecule is CCCC(=O)OC(C)C(C)OC(=O)[C@@H](N)Cc1ccc(OC(=O)O[C@@H](C)CCC)c(OC(=O)OC(C)CCC)c1. The van der Waals surface area contributed by atoms with Crippen molar-refractivity contribution in [3.63, 3.8) is 0 Å². The predicted molar refractivity (Wildman–Crippen MR) is 147 cm³/mol. The van der Waals surface area contributed by atoms with Gasteiger partial charge < -0.3 is 34.2 Å². The number of nitrogens with two attached hydrogens (primary N) is 1. The van der Waals surface area contributed by atoms with Crippen LogP contribution in [0.4, 0.5) is 9.59 Å². The van der Waals surface area contributed by atoms with E-state index in [0.717, 1.165) is 12.8 Å². The van der Waals surface area contributed by atoms with Gasteiger partial charge in [0.25, 0.3) is 0 Å². The van der Waals surface area contributed by atoms with Crippen LogP contribution in [0.2, 0.25) is 0 Å². The van der Waals surface area contributed by atoms with Gasteiger partial charge in [-0.15, -0.1) is 0 Å². The van der Waals surface area contributed by atoms with Crippen LogP contribution in [-0.2, 0) is 35.0 Å². The first-order valence-corrected chi connectivity index (χ1v) is 13.9. The maximum Gasteiger partial charge on any atom is 0.514 e. The van der Waals surface area contributed by atoms with Gasteiger partial charge in [-0.1, -0.05) is 39.7 Å². The number of ether oxygens (including phenoxy) is 6. The molecule has 1 aromatic rings. The third kappa shape index (κ3) is 13.1. The van der Waals surface area contributed by atoms with Crippen LogP contribution in [-0.4, -0.2) is 54.7 Å². The van der Waals surface area contributed by atoms with Crippen LogP contribution >= 0.6 is 0 Å². The van der Waals surface area contributed by atoms with E-state index in [1.165, 1.54) is 12.1 Å². The van der Waals surface area contributed by atoms with E-state index in [-0.39, 0.29) is 42.5 Å². The Labute approximate surface area is 236 Å². The zero-order valence-electron chi connectivity index (χ0n) is 24.7. The molecule has 0 aliphatic carbocycles. The molecular weight excluding hydrogens is 522 g/mol. The molecule has 0 amide bonds. The molecule has 0 aliphatic rings. The molecule has 11 nitrogen and oxygen atoms in total. The Morgan fingerprint density at radius 2 is 1.25 bits per heavy atom. The van der Waals surface area contributed by atoms with E-state index in [9.17, 15) is 19.2 Å². The molecule has 1 rings (SSSR count). The topological polar surface area (TPSA) is 150 Å². The van der Waals surface area contributed by atoms with Gasteiger partial charge >= 0.3 is 24.2 Å². The van der Waals surface area contributed by atoms with Crippen LogP contribution in [0.15, 0.2) is 18.2 Å². The van der Waals surface area contributed by atoms with Crippen LogP contribution < -0.4 is 15.2 Å². The van der Waals surface area contributed by atoms with E-state index < -0.39 is 36.5 Å². The van der Waals surface area contributed by atoms with Gasteiger partial charge in [0, 0.05) is 6.42 Å². The highest BCUT2D eigenvalue weighted by Crippen LogP contribution is 2.30. The van der Waals surface area contributed by atoms with Crippen molar-refractivity contribution in [1.29, 1.82) is 0 Å². The Morgan fingerprint density at radius 1 is 0.725 bits per heavy atom. The zero-order chi connectivity index (χ0) is 30.2. The lowest BCUT2D eigenvalue weighted by Gasteiger charge is -2.22. The van der Waals surface area contributed by atoms with Crippen molar-refractivity contribution < 1.29 is 47.6 Å². The van der Waals surface area contributed by atoms with E-state index in [1.807, 2.05) is 20.8 Å². The van der Waals surface area contributed by atoms with Crippen molar-refractivity contribution in [2.45, 2.75) is 124 Å². The van der Waals surface area contributed by atoms with Gasteiger partial charge in [-0.25, -0.2) is 9.59 Å². The van der Waals surface area contributed by atoms with Gasteiger partial charge in [0.15, 0.2) is 11.5 Å². The van der Waals surface area contributed by atoms with Crippen molar-refractivity contribution in [3.8, 4) is 11.5 Å². The van der Waals surface area contributed by atoms with Crippen molar-refractivity contribution >= 4 is 24.2 Å². The normalized spacial score (nSPS) is 14.6. The summed E-state index contributed by atoms with van der Waals surface area (Å²) >= 11 is 0. The molecule has 40 heavy (non-hydrogen) atoms. The first-order chi connectivity index (χ1) is 18.9. The van der Waals surface area contributed by atoms with Crippen LogP contribution in [0.3, 0.4) is 0 Å². The fraction of sp³-hybridized carbons (Fsp3) is 0.655. The van der Waals surface area contributed by atoms with Crippen LogP contribution in [0.25, 0.3) is 0 Å². The minimum absolute atomic E-state index is 0.0193. The molecule has 2 N–H and O–H groups in total. The van der Waals surface area contributed by atoms with Gasteiger partial charge in [-0.05, 0) is 71.1 Å². The minimum Gasteiger partial charge on any atom is -0.459 e. The van der Waals surface area contributed by atoms with Crippen LogP contribution in [0.1, 0.15) is 92.6 Å². The molecule has 1 aromatic carbocycles. The molecule has 0 spiro atoms. The van der Waals surface area contributed by atoms with E-state index in [2.05, 4.69) is 0 Å². The number of rotatable bonds is 16. The number of carbonyl (C=O) groups excluding carboxylic acids is 4. The summed E-state index contributed by atoms with van der Waals surface area (Å²) in [5.41, 5.74) is 6.58. The average Bonchev–Trinajstić information content (AvgIpc) is 2.85. The lowest BCUT2D eigenvalue weighted by Crippen LogP contribution is -2.39. The highest BCUT2D eigenvalue weighted by Gasteiger charge is 2.25. The van der Waals surface area contributed by atoms with Crippen LogP contribution in [0, 0.1) is 0 Å². The van der Waals surface area contributed by atoms with Gasteiger partial charge in [0.1, 0.15) is 30.5 Å². The summed E-state index contributed by atoms with van der Waals surface area (Å²) in [6.45, 7) is 12.5. The second kappa shape index (κ2) is 18.1. The molecule has 0 aromatic heterocycles. The molecule has 0 aliphatic heterocycles. The molecule has 0 fully saturated rings. The van der Waals surface area contributed by atoms with Gasteiger partial charge in [0.2, 0.25) is 0 Å². The van der Waals surface area contributed by atoms with E-state index >= 15 is 0 Å². The number of benzene rings is 1. The molecule has 226 valence electrons. The summed E-state index contributed by atoms with van der Waals surface area (Å²) in [6, 6.07) is 3.34. The Morgan fingerprint density at radius 3 is 1.77 bits per heavy atom. The molecule has 3 unspecified atom stereocenters. The monoisotopic (exact) mass is 567 g/mol. The van der Waals surface area contributed by atoms with Crippen molar-refractivity contribution in [2.24, 2.45) is 5.73 Å². The maximum atomic E-state index is 12.6. The average molecular weight is 568 g/mol. The van der Waals surface area contributed by atoms with E-state index in [4.69, 9.17) is 34.2 Å². The first-order valence-electron chi connectivity index (χ1n) is 13.9. The third-order valence-electron chi connectivity index (χ3n) is 5.87. The largest absolute Gasteiger partial charge is 0.514 e. The van der Waals surface area contributed by atoms with Gasteiger partial charge in [-0.2, -0.15) is 0 Å². The summed E-state index contributed by atoms with van der Waals surface area (Å²) in [5, 5.41) is 0. The highest BCUT2D eigenvalue weighted by atomic mass is 16.7. The minimum atomic E-state index is -1.07. The quantitative estimate of drug-likeness (QED) is 0.150. The van der Waals surface area contributed by atoms with Crippen molar-refractivity contribution in [3.05, 3.63) is 23.8 Å². The number of hydrogen-bond donors (Lipinski definition) is 1. The molecule has 0 saturated heterocycles. The summed E-state index contributed by atoms with van der Waals surface area (Å²) < 4.78 is 31.8. The van der Waals surface area contributed by atoms with Crippen molar-refractivity contribution in [2.75, 3.05) is 0 Å². The Kier molecular flexibility index (Phi) is 15.7. The van der Waals surface area contributed by atoms with Crippen LogP contribution in [0.5, 0.6) is 11.5 Å². The highest BCUT2D eigenvalue weighted by molar-refractivity contribution is 5.76. The molecule has 0 radical (unpaired) electrons. The Hall–Kier alpha value is -3.34. The van der Waals surface area contributed by atoms with Gasteiger partial charge in [0.05, 0.1) is 0 Å². The summed E-state index contributed by atoms with van der Waals surface area (Å²) in [4.78, 5) is 49.0. The smallest absolute Gasteiger partial charge is 0.459 e. The number of hydrogen-bond acceptors (Lipinski definition) is 11. The Bertz CT molecular complexity index is 966. The summed E-state index contributed by atoms with van der Waals surface area (Å²) in [6.07, 6.45) is -0.135. The lowest BCUT2D eigenvalue weighted by molar-refractivity contribution is -0.166. The molecule has 0 bridgehead atoms. The van der Waals surface area contributed by atoms with E-state index in [1.54, 1.807) is 33.8 Å². The van der Waals surface area contributed by atoms with Gasteiger partial charge in [-0.3, -0.25) is 9.59 Å². The molecule has 0 saturated carbocycles. The lowest BCUT2D eigenvalue weighted by atomic mass is 10.1. The predicted octanol–water partition coefficient (Wildman–Crippen LogP) is 5.63. The summed E-state index contributed by atoms with van der Waals surface area (Å²) in [7, 11) is 0. The zero-order valence-corrected chi connectivity index (χ0v) is 24.7. The number of esters is 2. The standard InChI is InChI=1S/C29H45NO10/c1-8-11-18(4)35-28(33)39-24-15-14-22(17-25(24)40-29(34)36-19(5)12-9-2)16-23(30)27(32)38-21(7)20(6)37-26(31)13-10-3/h14-15,17-21,23H,8-13,16,30H2,1-7H3/t18-,19?,20?,21?,23-/m0/s1. The molecule has 5 atom stereocenters. The first kappa shape index (κ1) is 34.7. The van der Waals surface area contributed by atoms with E-state index in [0.29, 0.717) is 24.8 Å². The Balaban J connectivity index is 2.98. The molecular formula is C29H45NO10. The summed E-state index contributed by atoms with van der Waals surface area (Å²) in [5.74, 6) is -1.24. The second-order valence-corrected chi connectivity index (χ2v) is 9.82. The maximum absolute atomic E-state index is 12.6. The fourth-order valence-electron chi connectivity index (χ4n) is 3.60.